The van der Waals surface area contributed by atoms with Crippen molar-refractivity contribution in [2.75, 3.05) is 26.3 Å². The Morgan fingerprint density at radius 2 is 2.00 bits per heavy atom. The molecule has 142 valence electrons. The number of carbonyl (C=O) groups excluding carboxylic acids is 1. The lowest BCUT2D eigenvalue weighted by atomic mass is 9.69. The van der Waals surface area contributed by atoms with Crippen LogP contribution in [0.15, 0.2) is 24.3 Å². The van der Waals surface area contributed by atoms with Crippen LogP contribution in [0.1, 0.15) is 54.4 Å². The van der Waals surface area contributed by atoms with Gasteiger partial charge in [0.25, 0.3) is 5.91 Å². The molecule has 1 aromatic rings. The summed E-state index contributed by atoms with van der Waals surface area (Å²) in [6.07, 6.45) is 7.16. The van der Waals surface area contributed by atoms with Crippen molar-refractivity contribution in [2.24, 2.45) is 5.41 Å². The van der Waals surface area contributed by atoms with E-state index >= 15 is 0 Å². The normalized spacial score (nSPS) is 32.2. The second kappa shape index (κ2) is 7.99. The van der Waals surface area contributed by atoms with Gasteiger partial charge < -0.3 is 10.1 Å². The van der Waals surface area contributed by atoms with Gasteiger partial charge in [0.05, 0.1) is 6.61 Å². The van der Waals surface area contributed by atoms with Gasteiger partial charge >= 0.3 is 0 Å². The molecule has 3 unspecified atom stereocenters. The maximum atomic E-state index is 12.8. The first kappa shape index (κ1) is 18.5. The second-order valence-electron chi connectivity index (χ2n) is 8.27. The molecule has 2 aliphatic heterocycles. The number of alkyl halides is 1. The molecule has 3 fully saturated rings. The summed E-state index contributed by atoms with van der Waals surface area (Å²) in [6.45, 7) is 4.16. The maximum absolute atomic E-state index is 12.8. The summed E-state index contributed by atoms with van der Waals surface area (Å²) in [4.78, 5) is 15.4. The first-order valence-electron chi connectivity index (χ1n) is 9.97. The quantitative estimate of drug-likeness (QED) is 0.754. The summed E-state index contributed by atoms with van der Waals surface area (Å²) >= 11 is 3.46. The van der Waals surface area contributed by atoms with Gasteiger partial charge in [-0.05, 0) is 74.7 Å². The highest BCUT2D eigenvalue weighted by molar-refractivity contribution is 9.08. The molecule has 4 rings (SSSR count). The minimum Gasteiger partial charge on any atom is -0.381 e. The summed E-state index contributed by atoms with van der Waals surface area (Å²) in [5.74, 6) is 0.0685. The molecule has 1 amide bonds. The van der Waals surface area contributed by atoms with E-state index in [0.717, 1.165) is 30.5 Å². The smallest absolute Gasteiger partial charge is 0.251 e. The minimum absolute atomic E-state index is 0.0685. The van der Waals surface area contributed by atoms with Crippen molar-refractivity contribution in [3.63, 3.8) is 0 Å². The van der Waals surface area contributed by atoms with Crippen LogP contribution in [0.5, 0.6) is 0 Å². The van der Waals surface area contributed by atoms with Crippen molar-refractivity contribution < 1.29 is 9.53 Å². The van der Waals surface area contributed by atoms with Crippen LogP contribution in [0.25, 0.3) is 0 Å². The molecule has 0 aromatic heterocycles. The highest BCUT2D eigenvalue weighted by Gasteiger charge is 2.45. The van der Waals surface area contributed by atoms with Gasteiger partial charge in [-0.25, -0.2) is 0 Å². The van der Waals surface area contributed by atoms with Crippen LogP contribution < -0.4 is 5.32 Å². The van der Waals surface area contributed by atoms with E-state index in [-0.39, 0.29) is 11.9 Å². The van der Waals surface area contributed by atoms with E-state index in [4.69, 9.17) is 4.74 Å². The minimum atomic E-state index is 0.0685. The lowest BCUT2D eigenvalue weighted by Crippen LogP contribution is -2.56. The predicted molar refractivity (Wildman–Crippen MR) is 107 cm³/mol. The van der Waals surface area contributed by atoms with Gasteiger partial charge in [-0.15, -0.1) is 0 Å². The molecule has 0 bridgehead atoms. The SMILES string of the molecule is O=C(NC1CCC2(CCOC2)CC1N1CCCC1)c1ccc(CBr)cc1. The van der Waals surface area contributed by atoms with Crippen LogP contribution in [0, 0.1) is 5.41 Å². The van der Waals surface area contributed by atoms with Crippen LogP contribution in [0.4, 0.5) is 0 Å². The average Bonchev–Trinajstić information content (AvgIpc) is 3.36. The molecule has 5 heteroatoms. The first-order valence-corrected chi connectivity index (χ1v) is 11.1. The monoisotopic (exact) mass is 420 g/mol. The molecule has 2 saturated heterocycles. The van der Waals surface area contributed by atoms with E-state index in [1.54, 1.807) is 0 Å². The molecule has 26 heavy (non-hydrogen) atoms. The third-order valence-electron chi connectivity index (χ3n) is 6.57. The van der Waals surface area contributed by atoms with E-state index < -0.39 is 0 Å². The van der Waals surface area contributed by atoms with E-state index in [1.165, 1.54) is 50.8 Å². The topological polar surface area (TPSA) is 41.6 Å². The maximum Gasteiger partial charge on any atom is 0.251 e. The fourth-order valence-corrected chi connectivity index (χ4v) is 5.35. The number of carbonyl (C=O) groups is 1. The molecular formula is C21H29BrN2O2. The number of benzene rings is 1. The van der Waals surface area contributed by atoms with E-state index in [1.807, 2.05) is 24.3 Å². The Morgan fingerprint density at radius 3 is 2.65 bits per heavy atom. The molecule has 1 aliphatic carbocycles. The van der Waals surface area contributed by atoms with Crippen LogP contribution in [-0.4, -0.2) is 49.2 Å². The fraction of sp³-hybridized carbons (Fsp3) is 0.667. The molecule has 3 aliphatic rings. The summed E-state index contributed by atoms with van der Waals surface area (Å²) in [7, 11) is 0. The van der Waals surface area contributed by atoms with E-state index in [0.29, 0.717) is 11.5 Å². The Hall–Kier alpha value is -0.910. The number of hydrogen-bond donors (Lipinski definition) is 1. The summed E-state index contributed by atoms with van der Waals surface area (Å²) in [5, 5.41) is 4.19. The van der Waals surface area contributed by atoms with Crippen molar-refractivity contribution in [3.05, 3.63) is 35.4 Å². The molecule has 1 saturated carbocycles. The van der Waals surface area contributed by atoms with Gasteiger partial charge in [-0.3, -0.25) is 9.69 Å². The standard InChI is InChI=1S/C21H29BrN2O2/c22-14-16-3-5-17(6-4-16)20(25)23-18-7-8-21(9-12-26-15-21)13-19(18)24-10-1-2-11-24/h3-6,18-19H,1-2,7-15H2,(H,23,25). The summed E-state index contributed by atoms with van der Waals surface area (Å²) < 4.78 is 5.75. The largest absolute Gasteiger partial charge is 0.381 e. The van der Waals surface area contributed by atoms with Gasteiger partial charge in [-0.2, -0.15) is 0 Å². The van der Waals surface area contributed by atoms with Crippen molar-refractivity contribution in [3.8, 4) is 0 Å². The fourth-order valence-electron chi connectivity index (χ4n) is 4.97. The number of amides is 1. The Bertz CT molecular complexity index is 621. The van der Waals surface area contributed by atoms with Crippen molar-refractivity contribution >= 4 is 21.8 Å². The zero-order valence-corrected chi connectivity index (χ0v) is 17.0. The third-order valence-corrected chi connectivity index (χ3v) is 7.22. The van der Waals surface area contributed by atoms with Gasteiger partial charge in [0.1, 0.15) is 0 Å². The predicted octanol–water partition coefficient (Wildman–Crippen LogP) is 3.73. The van der Waals surface area contributed by atoms with Crippen LogP contribution in [-0.2, 0) is 10.1 Å². The molecule has 4 nitrogen and oxygen atoms in total. The van der Waals surface area contributed by atoms with Gasteiger partial charge in [0, 0.05) is 29.6 Å². The van der Waals surface area contributed by atoms with Gasteiger partial charge in [0.2, 0.25) is 0 Å². The number of rotatable bonds is 4. The van der Waals surface area contributed by atoms with Crippen LogP contribution >= 0.6 is 15.9 Å². The number of nitrogens with zero attached hydrogens (tertiary/aromatic N) is 1. The van der Waals surface area contributed by atoms with Gasteiger partial charge in [0.15, 0.2) is 0 Å². The Morgan fingerprint density at radius 1 is 1.23 bits per heavy atom. The molecule has 1 spiro atoms. The highest BCUT2D eigenvalue weighted by atomic mass is 79.9. The first-order chi connectivity index (χ1) is 12.7. The van der Waals surface area contributed by atoms with E-state index in [2.05, 4.69) is 26.1 Å². The zero-order chi connectivity index (χ0) is 18.0. The lowest BCUT2D eigenvalue weighted by molar-refractivity contribution is 0.0451. The third kappa shape index (κ3) is 3.85. The highest BCUT2D eigenvalue weighted by Crippen LogP contribution is 2.44. The van der Waals surface area contributed by atoms with Crippen LogP contribution in [0.3, 0.4) is 0 Å². The van der Waals surface area contributed by atoms with Crippen molar-refractivity contribution in [1.82, 2.24) is 10.2 Å². The molecule has 3 atom stereocenters. The average molecular weight is 421 g/mol. The zero-order valence-electron chi connectivity index (χ0n) is 15.4. The number of hydrogen-bond acceptors (Lipinski definition) is 3. The molecule has 0 radical (unpaired) electrons. The van der Waals surface area contributed by atoms with Crippen molar-refractivity contribution in [2.45, 2.75) is 55.9 Å². The second-order valence-corrected chi connectivity index (χ2v) is 8.83. The Kier molecular flexibility index (Phi) is 5.67. The Balaban J connectivity index is 1.47. The van der Waals surface area contributed by atoms with E-state index in [9.17, 15) is 4.79 Å². The molecule has 1 aromatic carbocycles. The summed E-state index contributed by atoms with van der Waals surface area (Å²) in [5.41, 5.74) is 2.31. The number of halogens is 1. The number of ether oxygens (including phenoxy) is 1. The van der Waals surface area contributed by atoms with Crippen molar-refractivity contribution in [1.29, 1.82) is 0 Å². The van der Waals surface area contributed by atoms with Gasteiger partial charge in [-0.1, -0.05) is 28.1 Å². The number of likely N-dealkylation sites (tertiary alicyclic amines) is 1. The lowest BCUT2D eigenvalue weighted by Gasteiger charge is -2.45. The molecular weight excluding hydrogens is 392 g/mol. The molecule has 1 N–H and O–H groups in total. The van der Waals surface area contributed by atoms with Crippen LogP contribution in [0.2, 0.25) is 0 Å². The summed E-state index contributed by atoms with van der Waals surface area (Å²) in [6, 6.07) is 8.62. The number of nitrogens with one attached hydrogen (secondary N) is 1. The Labute approximate surface area is 164 Å². The molecule has 2 heterocycles.